The molecule has 2 aromatic carbocycles. The third-order valence-corrected chi connectivity index (χ3v) is 5.49. The van der Waals surface area contributed by atoms with E-state index in [0.717, 1.165) is 32.4 Å². The number of benzene rings is 2. The molecule has 0 unspecified atom stereocenters. The standard InChI is InChI=1S/C25H27IN4O2/c1-25(2,3)32-24(31)28-14-12-20-7-6-18(15-23(20)26)16-29-30-22-10-8-19(9-11-22)21-5-4-13-27-17-21/h4-11,13,15,17H,12,14,16H2,1-3H3,(H,28,31). The molecule has 0 saturated heterocycles. The average Bonchev–Trinajstić information content (AvgIpc) is 2.75. The largest absolute Gasteiger partial charge is 0.444 e. The zero-order valence-corrected chi connectivity index (χ0v) is 20.7. The highest BCUT2D eigenvalue weighted by Crippen LogP contribution is 2.22. The number of hydrogen-bond donors (Lipinski definition) is 1. The molecule has 0 fully saturated rings. The van der Waals surface area contributed by atoms with Gasteiger partial charge in [-0.05, 0) is 96.3 Å². The van der Waals surface area contributed by atoms with Crippen LogP contribution in [-0.4, -0.2) is 23.2 Å². The summed E-state index contributed by atoms with van der Waals surface area (Å²) in [5, 5.41) is 11.5. The fourth-order valence-corrected chi connectivity index (χ4v) is 3.81. The van der Waals surface area contributed by atoms with E-state index in [2.05, 4.69) is 61.3 Å². The summed E-state index contributed by atoms with van der Waals surface area (Å²) in [5.74, 6) is 0. The first-order valence-corrected chi connectivity index (χ1v) is 11.5. The summed E-state index contributed by atoms with van der Waals surface area (Å²) in [6.07, 6.45) is 3.96. The van der Waals surface area contributed by atoms with Crippen LogP contribution in [0.25, 0.3) is 11.1 Å². The Bertz CT molecular complexity index is 1060. The second kappa shape index (κ2) is 11.2. The number of hydrogen-bond acceptors (Lipinski definition) is 5. The lowest BCUT2D eigenvalue weighted by molar-refractivity contribution is 0.0528. The topological polar surface area (TPSA) is 75.9 Å². The molecule has 0 radical (unpaired) electrons. The van der Waals surface area contributed by atoms with Crippen molar-refractivity contribution in [3.8, 4) is 11.1 Å². The fourth-order valence-electron chi connectivity index (χ4n) is 2.96. The van der Waals surface area contributed by atoms with Crippen LogP contribution in [0.1, 0.15) is 31.9 Å². The molecule has 1 heterocycles. The molecule has 1 aromatic heterocycles. The summed E-state index contributed by atoms with van der Waals surface area (Å²) in [5.41, 5.74) is 4.77. The molecule has 0 atom stereocenters. The van der Waals surface area contributed by atoms with E-state index in [0.29, 0.717) is 13.1 Å². The normalized spacial score (nSPS) is 11.5. The third kappa shape index (κ3) is 7.71. The highest BCUT2D eigenvalue weighted by Gasteiger charge is 2.15. The molecular formula is C25H27IN4O2. The molecule has 0 spiro atoms. The first-order chi connectivity index (χ1) is 15.3. The van der Waals surface area contributed by atoms with Gasteiger partial charge in [-0.2, -0.15) is 10.2 Å². The quantitative estimate of drug-likeness (QED) is 0.267. The van der Waals surface area contributed by atoms with E-state index < -0.39 is 11.7 Å². The van der Waals surface area contributed by atoms with Crippen LogP contribution in [0.2, 0.25) is 0 Å². The van der Waals surface area contributed by atoms with Gasteiger partial charge in [-0.3, -0.25) is 4.98 Å². The minimum absolute atomic E-state index is 0.391. The van der Waals surface area contributed by atoms with Crippen molar-refractivity contribution < 1.29 is 9.53 Å². The Morgan fingerprint density at radius 3 is 2.53 bits per heavy atom. The monoisotopic (exact) mass is 542 g/mol. The second-order valence-corrected chi connectivity index (χ2v) is 9.45. The van der Waals surface area contributed by atoms with Gasteiger partial charge in [-0.15, -0.1) is 0 Å². The minimum atomic E-state index is -0.490. The van der Waals surface area contributed by atoms with Gasteiger partial charge in [0.15, 0.2) is 0 Å². The van der Waals surface area contributed by atoms with Gasteiger partial charge in [-0.25, -0.2) is 4.79 Å². The Morgan fingerprint density at radius 1 is 1.09 bits per heavy atom. The number of nitrogens with one attached hydrogen (secondary N) is 1. The van der Waals surface area contributed by atoms with Crippen molar-refractivity contribution in [2.75, 3.05) is 6.54 Å². The molecule has 1 N–H and O–H groups in total. The molecule has 166 valence electrons. The van der Waals surface area contributed by atoms with E-state index in [9.17, 15) is 4.79 Å². The summed E-state index contributed by atoms with van der Waals surface area (Å²) in [4.78, 5) is 15.9. The minimum Gasteiger partial charge on any atom is -0.444 e. The van der Waals surface area contributed by atoms with Gasteiger partial charge in [0.2, 0.25) is 0 Å². The second-order valence-electron chi connectivity index (χ2n) is 8.29. The van der Waals surface area contributed by atoms with Crippen LogP contribution in [0.4, 0.5) is 10.5 Å². The van der Waals surface area contributed by atoms with Crippen molar-refractivity contribution in [3.63, 3.8) is 0 Å². The summed E-state index contributed by atoms with van der Waals surface area (Å²) in [7, 11) is 0. The number of ether oxygens (including phenoxy) is 1. The molecule has 0 aliphatic carbocycles. The maximum atomic E-state index is 11.8. The molecule has 0 aliphatic rings. The number of pyridine rings is 1. The number of halogens is 1. The maximum absolute atomic E-state index is 11.8. The molecule has 1 amide bonds. The molecule has 0 bridgehead atoms. The number of carbonyl (C=O) groups is 1. The zero-order valence-electron chi connectivity index (χ0n) is 18.5. The number of aromatic nitrogens is 1. The lowest BCUT2D eigenvalue weighted by Gasteiger charge is -2.19. The lowest BCUT2D eigenvalue weighted by Crippen LogP contribution is -2.33. The number of amides is 1. The highest BCUT2D eigenvalue weighted by atomic mass is 127. The molecule has 0 aliphatic heterocycles. The summed E-state index contributed by atoms with van der Waals surface area (Å²) < 4.78 is 6.40. The van der Waals surface area contributed by atoms with Gasteiger partial charge >= 0.3 is 6.09 Å². The van der Waals surface area contributed by atoms with Crippen LogP contribution in [0.15, 0.2) is 77.2 Å². The van der Waals surface area contributed by atoms with Gasteiger partial charge in [0.25, 0.3) is 0 Å². The number of azo groups is 1. The van der Waals surface area contributed by atoms with E-state index in [1.165, 1.54) is 5.56 Å². The Kier molecular flexibility index (Phi) is 8.33. The molecule has 3 rings (SSSR count). The van der Waals surface area contributed by atoms with E-state index >= 15 is 0 Å². The Labute approximate surface area is 202 Å². The molecule has 3 aromatic rings. The van der Waals surface area contributed by atoms with Gasteiger partial charge in [0.05, 0.1) is 12.2 Å². The highest BCUT2D eigenvalue weighted by molar-refractivity contribution is 14.1. The molecule has 0 saturated carbocycles. The van der Waals surface area contributed by atoms with Crippen molar-refractivity contribution >= 4 is 34.4 Å². The average molecular weight is 542 g/mol. The van der Waals surface area contributed by atoms with Crippen molar-refractivity contribution in [2.45, 2.75) is 39.3 Å². The van der Waals surface area contributed by atoms with E-state index in [1.807, 2.05) is 63.4 Å². The van der Waals surface area contributed by atoms with Gasteiger partial charge in [0, 0.05) is 22.5 Å². The Morgan fingerprint density at radius 2 is 1.88 bits per heavy atom. The van der Waals surface area contributed by atoms with Gasteiger partial charge < -0.3 is 10.1 Å². The first-order valence-electron chi connectivity index (χ1n) is 10.4. The van der Waals surface area contributed by atoms with Crippen LogP contribution in [-0.2, 0) is 17.7 Å². The Hall–Kier alpha value is -2.81. The van der Waals surface area contributed by atoms with Gasteiger partial charge in [0.1, 0.15) is 5.60 Å². The zero-order chi connectivity index (χ0) is 23.0. The predicted octanol–water partition coefficient (Wildman–Crippen LogP) is 6.70. The van der Waals surface area contributed by atoms with Crippen LogP contribution in [0.3, 0.4) is 0 Å². The van der Waals surface area contributed by atoms with Crippen molar-refractivity contribution in [2.24, 2.45) is 10.2 Å². The van der Waals surface area contributed by atoms with E-state index in [-0.39, 0.29) is 0 Å². The summed E-state index contributed by atoms with van der Waals surface area (Å²) >= 11 is 2.32. The van der Waals surface area contributed by atoms with E-state index in [4.69, 9.17) is 4.74 Å². The third-order valence-electron chi connectivity index (χ3n) is 4.48. The number of nitrogens with zero attached hydrogens (tertiary/aromatic N) is 3. The summed E-state index contributed by atoms with van der Waals surface area (Å²) in [6.45, 7) is 6.59. The van der Waals surface area contributed by atoms with Crippen LogP contribution >= 0.6 is 22.6 Å². The van der Waals surface area contributed by atoms with E-state index in [1.54, 1.807) is 6.20 Å². The molecule has 7 heteroatoms. The number of rotatable bonds is 7. The SMILES string of the molecule is CC(C)(C)OC(=O)NCCc1ccc(CN=Nc2ccc(-c3cccnc3)cc2)cc1I. The molecular weight excluding hydrogens is 515 g/mol. The maximum Gasteiger partial charge on any atom is 0.407 e. The Balaban J connectivity index is 1.50. The summed E-state index contributed by atoms with van der Waals surface area (Å²) in [6, 6.07) is 18.1. The lowest BCUT2D eigenvalue weighted by atomic mass is 10.1. The number of alkyl carbamates (subject to hydrolysis) is 1. The van der Waals surface area contributed by atoms with Gasteiger partial charge in [-0.1, -0.05) is 30.3 Å². The fraction of sp³-hybridized carbons (Fsp3) is 0.280. The molecule has 6 nitrogen and oxygen atoms in total. The van der Waals surface area contributed by atoms with Crippen molar-refractivity contribution in [3.05, 3.63) is 81.7 Å². The van der Waals surface area contributed by atoms with Crippen molar-refractivity contribution in [1.82, 2.24) is 10.3 Å². The molecule has 32 heavy (non-hydrogen) atoms. The van der Waals surface area contributed by atoms with Crippen LogP contribution < -0.4 is 5.32 Å². The smallest absolute Gasteiger partial charge is 0.407 e. The first kappa shape index (κ1) is 23.8. The predicted molar refractivity (Wildman–Crippen MR) is 135 cm³/mol. The number of carbonyl (C=O) groups excluding carboxylic acids is 1. The van der Waals surface area contributed by atoms with Crippen LogP contribution in [0, 0.1) is 3.57 Å². The van der Waals surface area contributed by atoms with Crippen LogP contribution in [0.5, 0.6) is 0 Å². The van der Waals surface area contributed by atoms with Crippen molar-refractivity contribution in [1.29, 1.82) is 0 Å².